The molecule has 1 nitrogen and oxygen atoms in total. The zero-order chi connectivity index (χ0) is 10.7. The van der Waals surface area contributed by atoms with Gasteiger partial charge in [-0.15, -0.1) is 0 Å². The van der Waals surface area contributed by atoms with Crippen LogP contribution < -0.4 is 5.32 Å². The Hall–Kier alpha value is -0.470. The second-order valence-corrected chi connectivity index (χ2v) is 5.51. The lowest BCUT2D eigenvalue weighted by molar-refractivity contribution is 0.444. The third-order valence-corrected chi connectivity index (χ3v) is 4.68. The summed E-state index contributed by atoms with van der Waals surface area (Å²) in [6, 6.07) is 12.0. The van der Waals surface area contributed by atoms with Gasteiger partial charge in [0.15, 0.2) is 0 Å². The van der Waals surface area contributed by atoms with Crippen LogP contribution in [-0.2, 0) is 0 Å². The first kappa shape index (κ1) is 11.0. The van der Waals surface area contributed by atoms with Crippen LogP contribution in [0.2, 0.25) is 0 Å². The van der Waals surface area contributed by atoms with E-state index in [2.05, 4.69) is 61.3 Å². The van der Waals surface area contributed by atoms with E-state index in [-0.39, 0.29) is 0 Å². The van der Waals surface area contributed by atoms with Crippen LogP contribution in [0, 0.1) is 0 Å². The number of benzene rings is 1. The van der Waals surface area contributed by atoms with Gasteiger partial charge in [0.25, 0.3) is 0 Å². The van der Waals surface area contributed by atoms with Crippen LogP contribution in [-0.4, -0.2) is 17.0 Å². The zero-order valence-electron chi connectivity index (χ0n) is 9.44. The molecular formula is C13H19NS. The van der Waals surface area contributed by atoms with Crippen LogP contribution in [0.3, 0.4) is 0 Å². The molecule has 1 aromatic rings. The molecule has 1 saturated heterocycles. The molecule has 1 N–H and O–H groups in total. The van der Waals surface area contributed by atoms with Crippen LogP contribution in [0.25, 0.3) is 0 Å². The lowest BCUT2D eigenvalue weighted by Crippen LogP contribution is -2.42. The fourth-order valence-corrected chi connectivity index (χ4v) is 3.45. The van der Waals surface area contributed by atoms with E-state index in [1.165, 1.54) is 17.7 Å². The summed E-state index contributed by atoms with van der Waals surface area (Å²) >= 11 is 2.11. The van der Waals surface area contributed by atoms with Crippen LogP contribution in [0.1, 0.15) is 31.9 Å². The molecule has 0 saturated carbocycles. The van der Waals surface area contributed by atoms with Crippen molar-refractivity contribution in [3.8, 4) is 0 Å². The molecule has 3 atom stereocenters. The summed E-state index contributed by atoms with van der Waals surface area (Å²) < 4.78 is 0. The van der Waals surface area contributed by atoms with E-state index >= 15 is 0 Å². The summed E-state index contributed by atoms with van der Waals surface area (Å²) in [5.41, 5.74) is 1.43. The van der Waals surface area contributed by atoms with Crippen molar-refractivity contribution in [1.29, 1.82) is 0 Å². The van der Waals surface area contributed by atoms with E-state index in [1.54, 1.807) is 0 Å². The normalized spacial score (nSPS) is 31.5. The lowest BCUT2D eigenvalue weighted by atomic mass is 10.0. The van der Waals surface area contributed by atoms with Crippen molar-refractivity contribution >= 4 is 11.8 Å². The van der Waals surface area contributed by atoms with E-state index in [0.29, 0.717) is 12.1 Å². The van der Waals surface area contributed by atoms with Crippen molar-refractivity contribution in [1.82, 2.24) is 5.32 Å². The van der Waals surface area contributed by atoms with Gasteiger partial charge in [0.2, 0.25) is 0 Å². The predicted octanol–water partition coefficient (Wildman–Crippen LogP) is 3.23. The van der Waals surface area contributed by atoms with Crippen molar-refractivity contribution < 1.29 is 0 Å². The molecule has 1 aliphatic heterocycles. The Balaban J connectivity index is 2.17. The number of thioether (sulfide) groups is 1. The van der Waals surface area contributed by atoms with Gasteiger partial charge < -0.3 is 5.32 Å². The molecule has 82 valence electrons. The maximum atomic E-state index is 3.71. The molecule has 0 amide bonds. The first-order valence-corrected chi connectivity index (χ1v) is 6.78. The largest absolute Gasteiger partial charge is 0.306 e. The van der Waals surface area contributed by atoms with Crippen molar-refractivity contribution in [3.05, 3.63) is 35.9 Å². The van der Waals surface area contributed by atoms with Gasteiger partial charge in [-0.05, 0) is 18.9 Å². The average molecular weight is 221 g/mol. The zero-order valence-corrected chi connectivity index (χ0v) is 10.3. The molecule has 3 unspecified atom stereocenters. The van der Waals surface area contributed by atoms with Gasteiger partial charge in [-0.1, -0.05) is 37.3 Å². The fraction of sp³-hybridized carbons (Fsp3) is 0.538. The van der Waals surface area contributed by atoms with Crippen LogP contribution in [0.5, 0.6) is 0 Å². The van der Waals surface area contributed by atoms with Crippen molar-refractivity contribution in [2.24, 2.45) is 0 Å². The van der Waals surface area contributed by atoms with Crippen molar-refractivity contribution in [2.75, 3.05) is 5.75 Å². The highest BCUT2D eigenvalue weighted by Gasteiger charge is 2.28. The molecule has 2 rings (SSSR count). The number of hydrogen-bond donors (Lipinski definition) is 1. The minimum Gasteiger partial charge on any atom is -0.306 e. The molecule has 0 aliphatic carbocycles. The molecule has 1 fully saturated rings. The van der Waals surface area contributed by atoms with Crippen molar-refractivity contribution in [2.45, 2.75) is 37.6 Å². The summed E-state index contributed by atoms with van der Waals surface area (Å²) in [4.78, 5) is 0. The summed E-state index contributed by atoms with van der Waals surface area (Å²) in [6.07, 6.45) is 1.24. The SMILES string of the molecule is CCC1SCC(C)NC1c1ccccc1. The van der Waals surface area contributed by atoms with E-state index in [1.807, 2.05) is 0 Å². The van der Waals surface area contributed by atoms with E-state index in [9.17, 15) is 0 Å². The molecular weight excluding hydrogens is 202 g/mol. The monoisotopic (exact) mass is 221 g/mol. The van der Waals surface area contributed by atoms with Gasteiger partial charge >= 0.3 is 0 Å². The van der Waals surface area contributed by atoms with Gasteiger partial charge in [-0.25, -0.2) is 0 Å². The molecule has 0 aromatic heterocycles. The predicted molar refractivity (Wildman–Crippen MR) is 68.3 cm³/mol. The Morgan fingerprint density at radius 2 is 2.07 bits per heavy atom. The highest BCUT2D eigenvalue weighted by atomic mass is 32.2. The minimum absolute atomic E-state index is 0.532. The van der Waals surface area contributed by atoms with E-state index in [4.69, 9.17) is 0 Å². The summed E-state index contributed by atoms with van der Waals surface area (Å²) in [5.74, 6) is 1.24. The highest BCUT2D eigenvalue weighted by Crippen LogP contribution is 2.33. The van der Waals surface area contributed by atoms with Crippen LogP contribution >= 0.6 is 11.8 Å². The number of hydrogen-bond acceptors (Lipinski definition) is 2. The summed E-state index contributed by atoms with van der Waals surface area (Å²) in [6.45, 7) is 4.56. The highest BCUT2D eigenvalue weighted by molar-refractivity contribution is 8.00. The Bertz CT molecular complexity index is 299. The molecule has 15 heavy (non-hydrogen) atoms. The first-order valence-electron chi connectivity index (χ1n) is 5.74. The third-order valence-electron chi connectivity index (χ3n) is 2.96. The molecule has 2 heteroatoms. The van der Waals surface area contributed by atoms with Gasteiger partial charge in [-0.2, -0.15) is 11.8 Å². The smallest absolute Gasteiger partial charge is 0.0442 e. The summed E-state index contributed by atoms with van der Waals surface area (Å²) in [7, 11) is 0. The summed E-state index contributed by atoms with van der Waals surface area (Å²) in [5, 5.41) is 4.44. The van der Waals surface area contributed by atoms with Crippen LogP contribution in [0.15, 0.2) is 30.3 Å². The van der Waals surface area contributed by atoms with E-state index in [0.717, 1.165) is 5.25 Å². The molecule has 1 aromatic carbocycles. The van der Waals surface area contributed by atoms with Crippen molar-refractivity contribution in [3.63, 3.8) is 0 Å². The van der Waals surface area contributed by atoms with Gasteiger partial charge in [-0.3, -0.25) is 0 Å². The Morgan fingerprint density at radius 1 is 1.33 bits per heavy atom. The lowest BCUT2D eigenvalue weighted by Gasteiger charge is -2.35. The minimum atomic E-state index is 0.532. The Morgan fingerprint density at radius 3 is 2.73 bits per heavy atom. The Kier molecular flexibility index (Phi) is 3.71. The van der Waals surface area contributed by atoms with Crippen LogP contribution in [0.4, 0.5) is 0 Å². The quantitative estimate of drug-likeness (QED) is 0.823. The molecule has 0 spiro atoms. The standard InChI is InChI=1S/C13H19NS/c1-3-12-13(14-10(2)9-15-12)11-7-5-4-6-8-11/h4-8,10,12-14H,3,9H2,1-2H3. The molecule has 0 radical (unpaired) electrons. The Labute approximate surface area is 96.7 Å². The third kappa shape index (κ3) is 2.56. The maximum absolute atomic E-state index is 3.71. The van der Waals surface area contributed by atoms with Gasteiger partial charge in [0.1, 0.15) is 0 Å². The first-order chi connectivity index (χ1) is 7.31. The number of nitrogens with one attached hydrogen (secondary N) is 1. The molecule has 0 bridgehead atoms. The topological polar surface area (TPSA) is 12.0 Å². The maximum Gasteiger partial charge on any atom is 0.0442 e. The second-order valence-electron chi connectivity index (χ2n) is 4.24. The molecule has 1 aliphatic rings. The second kappa shape index (κ2) is 5.04. The van der Waals surface area contributed by atoms with Gasteiger partial charge in [0, 0.05) is 23.1 Å². The van der Waals surface area contributed by atoms with E-state index < -0.39 is 0 Å². The van der Waals surface area contributed by atoms with Gasteiger partial charge in [0.05, 0.1) is 0 Å². The molecule has 1 heterocycles. The number of rotatable bonds is 2. The fourth-order valence-electron chi connectivity index (χ4n) is 2.15. The average Bonchev–Trinajstić information content (AvgIpc) is 2.30.